The summed E-state index contributed by atoms with van der Waals surface area (Å²) in [7, 11) is -3.88. The van der Waals surface area contributed by atoms with Crippen LogP contribution in [0.1, 0.15) is 59.2 Å². The van der Waals surface area contributed by atoms with Crippen molar-refractivity contribution in [2.24, 2.45) is 5.14 Å². The van der Waals surface area contributed by atoms with Crippen LogP contribution in [-0.4, -0.2) is 97.3 Å². The number of phenols is 2. The number of fused-ring (bicyclic) bond motifs is 6. The minimum Gasteiger partial charge on any atom is -0.508 e. The summed E-state index contributed by atoms with van der Waals surface area (Å²) < 4.78 is 36.4. The predicted octanol–water partition coefficient (Wildman–Crippen LogP) is 2.65. The number of carboxylic acids is 2. The molecule has 21 nitrogen and oxygen atoms in total. The minimum atomic E-state index is -3.88. The van der Waals surface area contributed by atoms with Gasteiger partial charge >= 0.3 is 17.9 Å². The van der Waals surface area contributed by atoms with Gasteiger partial charge in [-0.1, -0.05) is 23.4 Å². The number of unbranched alkanes of at least 4 members (excludes halogenated alkanes) is 1. The maximum atomic E-state index is 13.4. The van der Waals surface area contributed by atoms with Gasteiger partial charge in [0.1, 0.15) is 40.8 Å². The third-order valence-corrected chi connectivity index (χ3v) is 11.7. The third-order valence-electron chi connectivity index (χ3n) is 10.5. The van der Waals surface area contributed by atoms with Gasteiger partial charge in [-0.3, -0.25) is 14.3 Å². The van der Waals surface area contributed by atoms with Gasteiger partial charge in [0.25, 0.3) is 0 Å². The van der Waals surface area contributed by atoms with E-state index in [9.17, 15) is 52.8 Å². The molecule has 3 heterocycles. The van der Waals surface area contributed by atoms with Crippen molar-refractivity contribution >= 4 is 62.8 Å². The number of benzene rings is 4. The second-order valence-corrected chi connectivity index (χ2v) is 16.9. The zero-order valence-corrected chi connectivity index (χ0v) is 35.5. The topological polar surface area (TPSA) is 324 Å². The van der Waals surface area contributed by atoms with Gasteiger partial charge in [-0.25, -0.2) is 27.9 Å². The van der Waals surface area contributed by atoms with E-state index in [0.717, 1.165) is 0 Å². The molecule has 0 aliphatic carbocycles. The number of esters is 1. The summed E-state index contributed by atoms with van der Waals surface area (Å²) in [6.45, 7) is 0.283. The molecule has 0 bridgehead atoms. The first-order chi connectivity index (χ1) is 30.9. The summed E-state index contributed by atoms with van der Waals surface area (Å²) in [5.41, 5.74) is 1.63. The van der Waals surface area contributed by atoms with Crippen LogP contribution in [0, 0.1) is 0 Å². The Kier molecular flexibility index (Phi) is 13.0. The van der Waals surface area contributed by atoms with Crippen LogP contribution in [0.5, 0.6) is 23.0 Å². The monoisotopic (exact) mass is 928 g/mol. The number of phenolic OH excluding ortho intramolecular Hbond substituents is 2. The number of thiocarbonyl (C=S) groups is 1. The molecule has 0 saturated heterocycles. The Bertz CT molecular complexity index is 2780. The highest BCUT2D eigenvalue weighted by Gasteiger charge is 2.53. The van der Waals surface area contributed by atoms with Gasteiger partial charge in [0, 0.05) is 53.0 Å². The van der Waals surface area contributed by atoms with Gasteiger partial charge in [0.05, 0.1) is 29.6 Å². The molecule has 0 saturated carbocycles. The average Bonchev–Trinajstić information content (AvgIpc) is 3.84. The Morgan fingerprint density at radius 1 is 0.831 bits per heavy atom. The van der Waals surface area contributed by atoms with Crippen molar-refractivity contribution in [1.29, 1.82) is 0 Å². The average molecular weight is 929 g/mol. The summed E-state index contributed by atoms with van der Waals surface area (Å²) in [4.78, 5) is 62.6. The maximum Gasteiger partial charge on any atom is 0.340 e. The van der Waals surface area contributed by atoms with E-state index >= 15 is 0 Å². The summed E-state index contributed by atoms with van der Waals surface area (Å²) in [5.74, 6) is -4.76. The van der Waals surface area contributed by atoms with Crippen molar-refractivity contribution in [3.63, 3.8) is 0 Å². The van der Waals surface area contributed by atoms with Gasteiger partial charge in [0.2, 0.25) is 21.8 Å². The SMILES string of the molecule is NS(=O)(=O)c1ccc(-c2cn(CCC(=O)N[C@H](CC(=O)N[C@H](CCCCNC(=S)Nc3ccc4c(c3)C(=O)OC43c4ccc(O)cc4Oc4cc(O)ccc43)C(=O)O)C(=O)O)nn2)cc1. The molecule has 0 fully saturated rings. The largest absolute Gasteiger partial charge is 0.508 e. The molecule has 338 valence electrons. The van der Waals surface area contributed by atoms with Crippen LogP contribution in [0.25, 0.3) is 11.3 Å². The zero-order chi connectivity index (χ0) is 46.6. The summed E-state index contributed by atoms with van der Waals surface area (Å²) >= 11 is 5.45. The third kappa shape index (κ3) is 10.1. The highest BCUT2D eigenvalue weighted by atomic mass is 32.2. The number of carbonyl (C=O) groups excluding carboxylic acids is 3. The molecule has 0 radical (unpaired) electrons. The first kappa shape index (κ1) is 45.4. The van der Waals surface area contributed by atoms with Crippen molar-refractivity contribution in [2.45, 2.75) is 61.2 Å². The van der Waals surface area contributed by atoms with Gasteiger partial charge in [-0.05, 0) is 80.0 Å². The minimum absolute atomic E-state index is 0.00554. The van der Waals surface area contributed by atoms with Gasteiger partial charge < -0.3 is 51.2 Å². The lowest BCUT2D eigenvalue weighted by molar-refractivity contribution is -0.144. The van der Waals surface area contributed by atoms with Gasteiger partial charge in [-0.2, -0.15) is 0 Å². The summed E-state index contributed by atoms with van der Waals surface area (Å²) in [6.07, 6.45) is 1.24. The number of hydrogen-bond acceptors (Lipinski definition) is 14. The Hall–Kier alpha value is -7.63. The second kappa shape index (κ2) is 18.6. The molecule has 10 N–H and O–H groups in total. The number of rotatable bonds is 17. The predicted molar refractivity (Wildman–Crippen MR) is 231 cm³/mol. The molecule has 2 atom stereocenters. The molecule has 5 aromatic rings. The van der Waals surface area contributed by atoms with E-state index in [1.807, 2.05) is 0 Å². The van der Waals surface area contributed by atoms with Crippen LogP contribution in [-0.2, 0) is 46.1 Å². The van der Waals surface area contributed by atoms with E-state index in [1.54, 1.807) is 30.3 Å². The summed E-state index contributed by atoms with van der Waals surface area (Å²) in [5, 5.41) is 63.6. The number of aryl methyl sites for hydroxylation is 1. The number of hydrogen-bond donors (Lipinski definition) is 9. The maximum absolute atomic E-state index is 13.4. The molecular weight excluding hydrogens is 889 g/mol. The Morgan fingerprint density at radius 3 is 2.09 bits per heavy atom. The molecule has 1 spiro atoms. The van der Waals surface area contributed by atoms with Crippen molar-refractivity contribution in [1.82, 2.24) is 30.9 Å². The van der Waals surface area contributed by atoms with E-state index in [0.29, 0.717) is 53.0 Å². The second-order valence-electron chi connectivity index (χ2n) is 15.0. The zero-order valence-electron chi connectivity index (χ0n) is 33.9. The number of aromatic nitrogens is 3. The fourth-order valence-corrected chi connectivity index (χ4v) is 8.10. The molecule has 2 aliphatic heterocycles. The number of amides is 2. The number of nitrogens with two attached hydrogens (primary N) is 1. The van der Waals surface area contributed by atoms with Crippen molar-refractivity contribution in [2.75, 3.05) is 11.9 Å². The van der Waals surface area contributed by atoms with Crippen molar-refractivity contribution in [3.05, 3.63) is 107 Å². The molecule has 23 heteroatoms. The van der Waals surface area contributed by atoms with Crippen LogP contribution in [0.2, 0.25) is 0 Å². The fraction of sp³-hybridized carbons (Fsp3) is 0.238. The molecule has 2 aliphatic rings. The number of sulfonamides is 1. The standard InChI is InChI=1S/C42H40N8O13S2/c43-65(60,61)26-9-4-22(5-10-26)33-21-50(49-48-33)16-14-36(53)47-32(39(57)58)20-37(54)46-31(38(55)56)3-1-2-15-44-41(64)45-23-6-11-28-27(17-23)40(59)63-42(28)29-12-7-24(51)18-34(29)62-35-19-25(52)8-13-30(35)42/h4-13,17-19,21,31-32,51-52H,1-3,14-16,20H2,(H,46,54)(H,47,53)(H,55,56)(H,57,58)(H2,43,60,61)(H2,44,45,64)/t31-,32-/m1/s1. The normalized spacial score (nSPS) is 14.1. The van der Waals surface area contributed by atoms with Crippen LogP contribution < -0.4 is 31.1 Å². The number of nitrogens with zero attached hydrogens (tertiary/aromatic N) is 3. The van der Waals surface area contributed by atoms with Crippen molar-refractivity contribution < 1.29 is 62.3 Å². The van der Waals surface area contributed by atoms with E-state index in [4.69, 9.17) is 26.8 Å². The lowest BCUT2D eigenvalue weighted by Crippen LogP contribution is -2.47. The first-order valence-electron chi connectivity index (χ1n) is 19.8. The first-order valence-corrected chi connectivity index (χ1v) is 21.7. The smallest absolute Gasteiger partial charge is 0.340 e. The van der Waals surface area contributed by atoms with Crippen LogP contribution in [0.3, 0.4) is 0 Å². The van der Waals surface area contributed by atoms with Gasteiger partial charge in [0.15, 0.2) is 10.7 Å². The summed E-state index contributed by atoms with van der Waals surface area (Å²) in [6, 6.07) is 16.5. The number of carbonyl (C=O) groups is 5. The number of aliphatic carboxylic acids is 2. The van der Waals surface area contributed by atoms with E-state index in [2.05, 4.69) is 31.6 Å². The Morgan fingerprint density at radius 2 is 1.46 bits per heavy atom. The lowest BCUT2D eigenvalue weighted by Gasteiger charge is -2.36. The van der Waals surface area contributed by atoms with E-state index in [-0.39, 0.29) is 58.0 Å². The highest BCUT2D eigenvalue weighted by molar-refractivity contribution is 7.89. The molecular formula is C42H40N8O13S2. The van der Waals surface area contributed by atoms with E-state index in [1.165, 1.54) is 59.4 Å². The van der Waals surface area contributed by atoms with Gasteiger partial charge in [-0.15, -0.1) is 5.10 Å². The number of anilines is 1. The molecule has 7 rings (SSSR count). The molecule has 4 aromatic carbocycles. The number of ether oxygens (including phenoxy) is 2. The molecule has 1 aromatic heterocycles. The van der Waals surface area contributed by atoms with Crippen molar-refractivity contribution in [3.8, 4) is 34.3 Å². The lowest BCUT2D eigenvalue weighted by atomic mass is 9.77. The van der Waals surface area contributed by atoms with Crippen LogP contribution in [0.15, 0.2) is 90.0 Å². The Labute approximate surface area is 374 Å². The molecule has 0 unspecified atom stereocenters. The fourth-order valence-electron chi connectivity index (χ4n) is 7.37. The molecule has 2 amide bonds. The van der Waals surface area contributed by atoms with E-state index < -0.39 is 63.9 Å². The number of aromatic hydroxyl groups is 2. The number of nitrogens with one attached hydrogen (secondary N) is 4. The quantitative estimate of drug-likeness (QED) is 0.0368. The molecule has 65 heavy (non-hydrogen) atoms. The Balaban J connectivity index is 0.861. The highest BCUT2D eigenvalue weighted by Crippen LogP contribution is 2.57. The van der Waals surface area contributed by atoms with Crippen LogP contribution >= 0.6 is 12.2 Å². The van der Waals surface area contributed by atoms with Crippen LogP contribution in [0.4, 0.5) is 5.69 Å². The number of carboxylic acid groups (broad SMARTS) is 2. The number of primary sulfonamides is 1.